The third-order valence-corrected chi connectivity index (χ3v) is 6.51. The van der Waals surface area contributed by atoms with Gasteiger partial charge in [-0.15, -0.1) is 4.83 Å². The summed E-state index contributed by atoms with van der Waals surface area (Å²) in [6, 6.07) is 3.42. The second kappa shape index (κ2) is 5.80. The molecule has 0 aliphatic carbocycles. The summed E-state index contributed by atoms with van der Waals surface area (Å²) < 4.78 is 25.5. The predicted molar refractivity (Wildman–Crippen MR) is 89.3 cm³/mol. The Bertz CT molecular complexity index is 785. The van der Waals surface area contributed by atoms with Gasteiger partial charge in [0.2, 0.25) is 5.91 Å². The summed E-state index contributed by atoms with van der Waals surface area (Å²) in [6.07, 6.45) is 2.02. The number of likely N-dealkylation sites (N-methyl/N-ethyl adjacent to an activating group) is 1. The first kappa shape index (κ1) is 16.0. The molecule has 7 nitrogen and oxygen atoms in total. The fourth-order valence-electron chi connectivity index (χ4n) is 3.80. The van der Waals surface area contributed by atoms with Crippen molar-refractivity contribution in [1.29, 1.82) is 0 Å². The number of nitrogens with zero attached hydrogens (tertiary/aromatic N) is 2. The van der Waals surface area contributed by atoms with E-state index in [1.807, 2.05) is 0 Å². The van der Waals surface area contributed by atoms with E-state index >= 15 is 0 Å². The summed E-state index contributed by atoms with van der Waals surface area (Å²) in [5, 5.41) is 1.78. The van der Waals surface area contributed by atoms with E-state index in [-0.39, 0.29) is 10.8 Å². The maximum absolute atomic E-state index is 12.8. The summed E-state index contributed by atoms with van der Waals surface area (Å²) in [4.78, 5) is 18.3. The van der Waals surface area contributed by atoms with E-state index in [0.717, 1.165) is 49.3 Å². The van der Waals surface area contributed by atoms with Gasteiger partial charge in [0.05, 0.1) is 50.2 Å². The number of carbonyl (C=O) groups excluding carboxylic acids is 1. The highest BCUT2D eigenvalue weighted by atomic mass is 32.2. The van der Waals surface area contributed by atoms with Gasteiger partial charge in [-0.1, -0.05) is 0 Å². The maximum atomic E-state index is 12.8. The first-order valence-corrected chi connectivity index (χ1v) is 9.97. The highest BCUT2D eigenvalue weighted by Crippen LogP contribution is 2.38. The molecule has 8 heteroatoms. The number of hydrazine groups is 1. The van der Waals surface area contributed by atoms with Gasteiger partial charge in [-0.05, 0) is 36.1 Å². The van der Waals surface area contributed by atoms with Crippen LogP contribution in [0.25, 0.3) is 0 Å². The molecule has 3 heterocycles. The smallest absolute Gasteiger partial charge is 0.253 e. The molecule has 1 saturated heterocycles. The van der Waals surface area contributed by atoms with Crippen LogP contribution in [0.5, 0.6) is 0 Å². The van der Waals surface area contributed by atoms with Crippen molar-refractivity contribution in [2.24, 2.45) is 0 Å². The van der Waals surface area contributed by atoms with Gasteiger partial charge in [-0.3, -0.25) is 4.79 Å². The summed E-state index contributed by atoms with van der Waals surface area (Å²) in [5.74, 6) is 0.0792. The summed E-state index contributed by atoms with van der Waals surface area (Å²) >= 11 is 0. The molecule has 0 atom stereocenters. The number of hydrogen-bond acceptors (Lipinski definition) is 4. The summed E-state index contributed by atoms with van der Waals surface area (Å²) in [7, 11) is -1.49. The summed E-state index contributed by atoms with van der Waals surface area (Å²) in [6.45, 7) is 3.99. The van der Waals surface area contributed by atoms with Gasteiger partial charge in [0, 0.05) is 6.54 Å². The molecule has 24 heavy (non-hydrogen) atoms. The molecule has 0 saturated carbocycles. The van der Waals surface area contributed by atoms with Gasteiger partial charge in [0.25, 0.3) is 10.0 Å². The number of rotatable bonds is 3. The lowest BCUT2D eigenvalue weighted by Gasteiger charge is -2.30. The molecule has 0 aromatic heterocycles. The van der Waals surface area contributed by atoms with Crippen molar-refractivity contribution >= 4 is 21.6 Å². The van der Waals surface area contributed by atoms with Crippen molar-refractivity contribution in [3.63, 3.8) is 0 Å². The first-order chi connectivity index (χ1) is 11.4. The van der Waals surface area contributed by atoms with Crippen molar-refractivity contribution in [1.82, 2.24) is 9.84 Å². The lowest BCUT2D eigenvalue weighted by Crippen LogP contribution is -3.12. The van der Waals surface area contributed by atoms with Crippen molar-refractivity contribution in [3.05, 3.63) is 23.3 Å². The third kappa shape index (κ3) is 2.73. The number of anilines is 1. The predicted octanol–water partition coefficient (Wildman–Crippen LogP) is -1.45. The van der Waals surface area contributed by atoms with E-state index in [9.17, 15) is 13.2 Å². The van der Waals surface area contributed by atoms with Gasteiger partial charge >= 0.3 is 0 Å². The van der Waals surface area contributed by atoms with Crippen molar-refractivity contribution in [2.75, 3.05) is 44.7 Å². The lowest BCUT2D eigenvalue weighted by atomic mass is 10.0. The van der Waals surface area contributed by atoms with Crippen molar-refractivity contribution in [2.45, 2.75) is 24.2 Å². The lowest BCUT2D eigenvalue weighted by molar-refractivity contribution is -0.884. The van der Waals surface area contributed by atoms with E-state index in [4.69, 9.17) is 0 Å². The molecular weight excluding hydrogens is 328 g/mol. The second-order valence-corrected chi connectivity index (χ2v) is 8.62. The van der Waals surface area contributed by atoms with E-state index in [0.29, 0.717) is 19.5 Å². The minimum Gasteiger partial charge on any atom is -0.335 e. The van der Waals surface area contributed by atoms with Gasteiger partial charge in [-0.2, -0.15) is 0 Å². The molecule has 1 aromatic carbocycles. The number of amides is 1. The molecule has 0 unspecified atom stereocenters. The SMILES string of the molecule is C[NH+]1CCN(NS(=O)(=O)c2cc3c4c(c2)CC(=O)N4CCC3)CC1. The van der Waals surface area contributed by atoms with E-state index < -0.39 is 10.0 Å². The fourth-order valence-corrected chi connectivity index (χ4v) is 5.03. The van der Waals surface area contributed by atoms with Gasteiger partial charge < -0.3 is 9.80 Å². The molecule has 2 N–H and O–H groups in total. The molecule has 1 aromatic rings. The van der Waals surface area contributed by atoms with Crippen LogP contribution in [-0.4, -0.2) is 59.1 Å². The standard InChI is InChI=1S/C16H22N4O3S/c1-18-5-7-19(8-6-18)17-24(22,23)14-9-12-3-2-4-20-15(21)11-13(10-14)16(12)20/h9-10,17H,2-8,11H2,1H3/p+1. The average Bonchev–Trinajstić information content (AvgIpc) is 2.87. The molecule has 0 spiro atoms. The van der Waals surface area contributed by atoms with Crippen LogP contribution in [0, 0.1) is 0 Å². The molecule has 3 aliphatic rings. The van der Waals surface area contributed by atoms with Crippen LogP contribution < -0.4 is 14.6 Å². The Labute approximate surface area is 142 Å². The molecule has 0 radical (unpaired) electrons. The molecule has 1 amide bonds. The third-order valence-electron chi connectivity index (χ3n) is 5.16. The number of carbonyl (C=O) groups is 1. The number of sulfonamides is 1. The van der Waals surface area contributed by atoms with Crippen LogP contribution >= 0.6 is 0 Å². The van der Waals surface area contributed by atoms with Crippen LogP contribution in [0.1, 0.15) is 17.5 Å². The van der Waals surface area contributed by atoms with Crippen LogP contribution in [0.3, 0.4) is 0 Å². The largest absolute Gasteiger partial charge is 0.335 e. The Morgan fingerprint density at radius 1 is 1.12 bits per heavy atom. The molecule has 130 valence electrons. The summed E-state index contributed by atoms with van der Waals surface area (Å²) in [5.41, 5.74) is 2.78. The minimum absolute atomic E-state index is 0.0792. The zero-order chi connectivity index (χ0) is 16.9. The van der Waals surface area contributed by atoms with E-state index in [1.165, 1.54) is 4.90 Å². The van der Waals surface area contributed by atoms with Crippen molar-refractivity contribution < 1.29 is 18.1 Å². The van der Waals surface area contributed by atoms with Crippen LogP contribution in [0.15, 0.2) is 17.0 Å². The Morgan fingerprint density at radius 3 is 2.58 bits per heavy atom. The number of nitrogens with one attached hydrogen (secondary N) is 2. The molecule has 4 rings (SSSR count). The van der Waals surface area contributed by atoms with Crippen LogP contribution in [-0.2, 0) is 27.7 Å². The number of quaternary nitrogens is 1. The number of benzene rings is 1. The highest BCUT2D eigenvalue weighted by Gasteiger charge is 2.34. The van der Waals surface area contributed by atoms with E-state index in [2.05, 4.69) is 11.9 Å². The second-order valence-electron chi connectivity index (χ2n) is 6.95. The van der Waals surface area contributed by atoms with Gasteiger partial charge in [0.15, 0.2) is 0 Å². The first-order valence-electron chi connectivity index (χ1n) is 8.49. The maximum Gasteiger partial charge on any atom is 0.253 e. The Kier molecular flexibility index (Phi) is 3.87. The fraction of sp³-hybridized carbons (Fsp3) is 0.562. The molecular formula is C16H23N4O3S+. The Hall–Kier alpha value is -1.48. The molecule has 3 aliphatic heterocycles. The monoisotopic (exact) mass is 351 g/mol. The van der Waals surface area contributed by atoms with Crippen molar-refractivity contribution in [3.8, 4) is 0 Å². The minimum atomic E-state index is -3.61. The van der Waals surface area contributed by atoms with Gasteiger partial charge in [0.1, 0.15) is 0 Å². The van der Waals surface area contributed by atoms with Crippen LogP contribution in [0.2, 0.25) is 0 Å². The zero-order valence-corrected chi connectivity index (χ0v) is 14.7. The number of aryl methyl sites for hydroxylation is 1. The average molecular weight is 351 g/mol. The molecule has 0 bridgehead atoms. The van der Waals surface area contributed by atoms with Crippen LogP contribution in [0.4, 0.5) is 5.69 Å². The Morgan fingerprint density at radius 2 is 1.83 bits per heavy atom. The van der Waals surface area contributed by atoms with Gasteiger partial charge in [-0.25, -0.2) is 13.4 Å². The Balaban J connectivity index is 1.63. The molecule has 1 fully saturated rings. The quantitative estimate of drug-likeness (QED) is 0.699. The topological polar surface area (TPSA) is 74.2 Å². The zero-order valence-electron chi connectivity index (χ0n) is 13.8. The highest BCUT2D eigenvalue weighted by molar-refractivity contribution is 7.89. The van der Waals surface area contributed by atoms with E-state index in [1.54, 1.807) is 22.0 Å². The normalized spacial score (nSPS) is 22.0. The number of hydrogen-bond donors (Lipinski definition) is 2. The number of piperazine rings is 1.